The van der Waals surface area contributed by atoms with E-state index >= 15 is 0 Å². The normalized spacial score (nSPS) is 18.6. The molecule has 4 rings (SSSR count). The summed E-state index contributed by atoms with van der Waals surface area (Å²) in [7, 11) is 0. The Bertz CT molecular complexity index is 976. The highest BCUT2D eigenvalue weighted by Gasteiger charge is 2.22. The summed E-state index contributed by atoms with van der Waals surface area (Å²) in [6.07, 6.45) is 11.7. The van der Waals surface area contributed by atoms with Crippen LogP contribution in [0.3, 0.4) is 0 Å². The van der Waals surface area contributed by atoms with Gasteiger partial charge in [-0.05, 0) is 77.8 Å². The second-order valence-corrected chi connectivity index (χ2v) is 9.62. The number of benzene rings is 3. The Morgan fingerprint density at radius 3 is 2.00 bits per heavy atom. The van der Waals surface area contributed by atoms with E-state index in [1.54, 1.807) is 6.07 Å². The van der Waals surface area contributed by atoms with Gasteiger partial charge >= 0.3 is 0 Å². The molecule has 0 unspecified atom stereocenters. The smallest absolute Gasteiger partial charge is 0.131 e. The van der Waals surface area contributed by atoms with Crippen LogP contribution < -0.4 is 0 Å². The maximum absolute atomic E-state index is 15.0. The van der Waals surface area contributed by atoms with Crippen molar-refractivity contribution in [3.8, 4) is 22.3 Å². The van der Waals surface area contributed by atoms with E-state index in [2.05, 4.69) is 50.2 Å². The molecule has 1 fully saturated rings. The second-order valence-electron chi connectivity index (χ2n) is 9.62. The summed E-state index contributed by atoms with van der Waals surface area (Å²) in [6, 6.07) is 22.8. The lowest BCUT2D eigenvalue weighted by atomic mass is 9.77. The van der Waals surface area contributed by atoms with E-state index in [1.807, 2.05) is 24.3 Å². The first-order valence-electron chi connectivity index (χ1n) is 12.7. The first kappa shape index (κ1) is 22.8. The zero-order chi connectivity index (χ0) is 22.3. The minimum atomic E-state index is -0.153. The number of halogens is 1. The maximum Gasteiger partial charge on any atom is 0.131 e. The van der Waals surface area contributed by atoms with E-state index in [-0.39, 0.29) is 5.82 Å². The van der Waals surface area contributed by atoms with Crippen LogP contribution in [0.25, 0.3) is 22.3 Å². The summed E-state index contributed by atoms with van der Waals surface area (Å²) >= 11 is 0. The molecule has 0 amide bonds. The van der Waals surface area contributed by atoms with Gasteiger partial charge in [0.25, 0.3) is 0 Å². The number of unbranched alkanes of at least 4 members (excludes halogenated alkanes) is 1. The molecule has 0 atom stereocenters. The molecule has 32 heavy (non-hydrogen) atoms. The predicted molar refractivity (Wildman–Crippen MR) is 135 cm³/mol. The predicted octanol–water partition coefficient (Wildman–Crippen LogP) is 9.58. The minimum absolute atomic E-state index is 0.153. The number of hydrogen-bond acceptors (Lipinski definition) is 0. The topological polar surface area (TPSA) is 0 Å². The molecule has 3 aromatic carbocycles. The van der Waals surface area contributed by atoms with Crippen LogP contribution in [-0.4, -0.2) is 0 Å². The Labute approximate surface area is 193 Å². The van der Waals surface area contributed by atoms with Crippen molar-refractivity contribution in [2.45, 2.75) is 77.6 Å². The van der Waals surface area contributed by atoms with E-state index < -0.39 is 0 Å². The maximum atomic E-state index is 15.0. The number of aryl methyl sites for hydroxylation is 1. The lowest BCUT2D eigenvalue weighted by molar-refractivity contribution is 0.304. The average molecular weight is 429 g/mol. The largest absolute Gasteiger partial charge is 0.206 e. The molecule has 1 aliphatic rings. The SMILES string of the molecule is CCCCC1CCC(c2ccc(-c3ccc(-c4ccc(CCC)cc4)c(F)c3)cc2)CC1. The molecule has 1 heteroatoms. The van der Waals surface area contributed by atoms with Gasteiger partial charge in [-0.25, -0.2) is 4.39 Å². The summed E-state index contributed by atoms with van der Waals surface area (Å²) in [6.45, 7) is 4.47. The van der Waals surface area contributed by atoms with E-state index in [9.17, 15) is 4.39 Å². The molecule has 0 spiro atoms. The van der Waals surface area contributed by atoms with Gasteiger partial charge in [-0.2, -0.15) is 0 Å². The van der Waals surface area contributed by atoms with Crippen LogP contribution in [-0.2, 0) is 6.42 Å². The highest BCUT2D eigenvalue weighted by atomic mass is 19.1. The van der Waals surface area contributed by atoms with Crippen molar-refractivity contribution in [1.29, 1.82) is 0 Å². The third kappa shape index (κ3) is 5.49. The summed E-state index contributed by atoms with van der Waals surface area (Å²) in [4.78, 5) is 0. The molecule has 1 aliphatic carbocycles. The van der Waals surface area contributed by atoms with Gasteiger partial charge in [0, 0.05) is 5.56 Å². The molecule has 168 valence electrons. The fourth-order valence-corrected chi connectivity index (χ4v) is 5.29. The van der Waals surface area contributed by atoms with Gasteiger partial charge in [-0.15, -0.1) is 0 Å². The quantitative estimate of drug-likeness (QED) is 0.335. The van der Waals surface area contributed by atoms with E-state index in [0.717, 1.165) is 35.4 Å². The molecule has 3 aromatic rings. The average Bonchev–Trinajstić information content (AvgIpc) is 2.84. The van der Waals surface area contributed by atoms with Crippen molar-refractivity contribution in [3.63, 3.8) is 0 Å². The van der Waals surface area contributed by atoms with Crippen LogP contribution in [0, 0.1) is 11.7 Å². The fourth-order valence-electron chi connectivity index (χ4n) is 5.29. The van der Waals surface area contributed by atoms with E-state index in [4.69, 9.17) is 0 Å². The molecule has 1 saturated carbocycles. The van der Waals surface area contributed by atoms with Crippen LogP contribution in [0.4, 0.5) is 4.39 Å². The van der Waals surface area contributed by atoms with Crippen molar-refractivity contribution in [2.24, 2.45) is 5.92 Å². The van der Waals surface area contributed by atoms with Gasteiger partial charge in [0.1, 0.15) is 5.82 Å². The Hall–Kier alpha value is -2.41. The summed E-state index contributed by atoms with van der Waals surface area (Å²) in [5.41, 5.74) is 6.42. The zero-order valence-electron chi connectivity index (χ0n) is 19.7. The molecule has 0 aliphatic heterocycles. The van der Waals surface area contributed by atoms with Gasteiger partial charge in [-0.1, -0.05) is 100 Å². The molecule has 0 bridgehead atoms. The molecular weight excluding hydrogens is 391 g/mol. The van der Waals surface area contributed by atoms with Crippen molar-refractivity contribution >= 4 is 0 Å². The standard InChI is InChI=1S/C31H37F/c1-3-5-7-24-8-12-25(13-9-24)26-16-18-27(19-17-26)29-20-21-30(31(32)22-29)28-14-10-23(6-4-2)11-15-28/h10-11,14-22,24-25H,3-9,12-13H2,1-2H3. The Balaban J connectivity index is 1.42. The van der Waals surface area contributed by atoms with Crippen LogP contribution in [0.15, 0.2) is 66.7 Å². The molecule has 0 aromatic heterocycles. The van der Waals surface area contributed by atoms with Crippen molar-refractivity contribution in [1.82, 2.24) is 0 Å². The Morgan fingerprint density at radius 1 is 0.719 bits per heavy atom. The van der Waals surface area contributed by atoms with Crippen molar-refractivity contribution in [3.05, 3.63) is 83.7 Å². The van der Waals surface area contributed by atoms with Crippen LogP contribution in [0.2, 0.25) is 0 Å². The minimum Gasteiger partial charge on any atom is -0.206 e. The Morgan fingerprint density at radius 2 is 1.38 bits per heavy atom. The van der Waals surface area contributed by atoms with Gasteiger partial charge in [-0.3, -0.25) is 0 Å². The zero-order valence-corrected chi connectivity index (χ0v) is 19.7. The van der Waals surface area contributed by atoms with Gasteiger partial charge in [0.2, 0.25) is 0 Å². The molecule has 0 saturated heterocycles. The van der Waals surface area contributed by atoms with Crippen LogP contribution in [0.1, 0.15) is 82.3 Å². The Kier molecular flexibility index (Phi) is 7.79. The first-order valence-corrected chi connectivity index (χ1v) is 12.7. The fraction of sp³-hybridized carbons (Fsp3) is 0.419. The number of hydrogen-bond donors (Lipinski definition) is 0. The molecule has 0 nitrogen and oxygen atoms in total. The van der Waals surface area contributed by atoms with E-state index in [0.29, 0.717) is 11.5 Å². The van der Waals surface area contributed by atoms with Gasteiger partial charge < -0.3 is 0 Å². The third-order valence-corrected chi connectivity index (χ3v) is 7.30. The third-order valence-electron chi connectivity index (χ3n) is 7.30. The van der Waals surface area contributed by atoms with Crippen LogP contribution >= 0.6 is 0 Å². The first-order chi connectivity index (χ1) is 15.7. The number of rotatable bonds is 8. The lowest BCUT2D eigenvalue weighted by Crippen LogP contribution is -2.13. The summed E-state index contributed by atoms with van der Waals surface area (Å²) < 4.78 is 15.0. The molecule has 0 heterocycles. The van der Waals surface area contributed by atoms with Crippen molar-refractivity contribution < 1.29 is 4.39 Å². The second kappa shape index (κ2) is 10.9. The van der Waals surface area contributed by atoms with Gasteiger partial charge in [0.05, 0.1) is 0 Å². The summed E-state index contributed by atoms with van der Waals surface area (Å²) in [5.74, 6) is 1.48. The monoisotopic (exact) mass is 428 g/mol. The molecule has 0 radical (unpaired) electrons. The highest BCUT2D eigenvalue weighted by molar-refractivity contribution is 5.71. The highest BCUT2D eigenvalue weighted by Crippen LogP contribution is 2.38. The van der Waals surface area contributed by atoms with E-state index in [1.165, 1.54) is 56.1 Å². The summed E-state index contributed by atoms with van der Waals surface area (Å²) in [5, 5.41) is 0. The molecular formula is C31H37F. The van der Waals surface area contributed by atoms with Crippen LogP contribution in [0.5, 0.6) is 0 Å². The van der Waals surface area contributed by atoms with Gasteiger partial charge in [0.15, 0.2) is 0 Å². The molecule has 0 N–H and O–H groups in total. The lowest BCUT2D eigenvalue weighted by Gasteiger charge is -2.29. The van der Waals surface area contributed by atoms with Crippen molar-refractivity contribution in [2.75, 3.05) is 0 Å².